The van der Waals surface area contributed by atoms with Gasteiger partial charge >= 0.3 is 0 Å². The SMILES string of the molecule is CC(C)(C)c1ccccc1-c1ccno1. The molecule has 0 spiro atoms. The third-order valence-electron chi connectivity index (χ3n) is 2.44. The van der Waals surface area contributed by atoms with Gasteiger partial charge in [-0.1, -0.05) is 50.2 Å². The molecule has 0 saturated carbocycles. The predicted molar refractivity (Wildman–Crippen MR) is 60.6 cm³/mol. The van der Waals surface area contributed by atoms with Crippen molar-refractivity contribution in [1.82, 2.24) is 5.16 Å². The van der Waals surface area contributed by atoms with Gasteiger partial charge in [0.05, 0.1) is 6.20 Å². The molecule has 2 nitrogen and oxygen atoms in total. The molecule has 1 aromatic carbocycles. The Balaban J connectivity index is 2.58. The Morgan fingerprint density at radius 1 is 1.07 bits per heavy atom. The lowest BCUT2D eigenvalue weighted by molar-refractivity contribution is 0.431. The average molecular weight is 201 g/mol. The molecule has 0 unspecified atom stereocenters. The first-order valence-electron chi connectivity index (χ1n) is 5.09. The van der Waals surface area contributed by atoms with E-state index in [1.54, 1.807) is 6.20 Å². The molecule has 2 rings (SSSR count). The fourth-order valence-corrected chi connectivity index (χ4v) is 1.71. The molecule has 0 amide bonds. The van der Waals surface area contributed by atoms with E-state index < -0.39 is 0 Å². The van der Waals surface area contributed by atoms with Gasteiger partial charge in [-0.05, 0) is 11.0 Å². The van der Waals surface area contributed by atoms with Crippen molar-refractivity contribution in [3.05, 3.63) is 42.1 Å². The van der Waals surface area contributed by atoms with Crippen LogP contribution in [0, 0.1) is 0 Å². The number of nitrogens with zero attached hydrogens (tertiary/aromatic N) is 1. The van der Waals surface area contributed by atoms with E-state index >= 15 is 0 Å². The van der Waals surface area contributed by atoms with E-state index in [0.717, 1.165) is 11.3 Å². The Bertz CT molecular complexity index is 438. The summed E-state index contributed by atoms with van der Waals surface area (Å²) >= 11 is 0. The minimum absolute atomic E-state index is 0.114. The molecule has 0 atom stereocenters. The highest BCUT2D eigenvalue weighted by molar-refractivity contribution is 5.63. The Labute approximate surface area is 89.9 Å². The fourth-order valence-electron chi connectivity index (χ4n) is 1.71. The summed E-state index contributed by atoms with van der Waals surface area (Å²) in [6.07, 6.45) is 1.68. The summed E-state index contributed by atoms with van der Waals surface area (Å²) in [6, 6.07) is 10.2. The molecule has 0 fully saturated rings. The van der Waals surface area contributed by atoms with E-state index in [4.69, 9.17) is 4.52 Å². The molecule has 0 aliphatic carbocycles. The molecular weight excluding hydrogens is 186 g/mol. The van der Waals surface area contributed by atoms with Gasteiger partial charge in [0.1, 0.15) is 0 Å². The summed E-state index contributed by atoms with van der Waals surface area (Å²) in [6.45, 7) is 6.59. The van der Waals surface area contributed by atoms with Crippen molar-refractivity contribution in [3.63, 3.8) is 0 Å². The molecule has 0 aliphatic heterocycles. The van der Waals surface area contributed by atoms with Gasteiger partial charge in [0.25, 0.3) is 0 Å². The van der Waals surface area contributed by atoms with Crippen LogP contribution in [0.4, 0.5) is 0 Å². The molecular formula is C13H15NO. The van der Waals surface area contributed by atoms with Gasteiger partial charge in [-0.3, -0.25) is 0 Å². The molecule has 15 heavy (non-hydrogen) atoms. The van der Waals surface area contributed by atoms with Gasteiger partial charge in [-0.15, -0.1) is 0 Å². The second kappa shape index (κ2) is 3.54. The molecule has 0 aliphatic rings. The first-order valence-corrected chi connectivity index (χ1v) is 5.09. The van der Waals surface area contributed by atoms with E-state index in [1.165, 1.54) is 5.56 Å². The number of hydrogen-bond donors (Lipinski definition) is 0. The maximum absolute atomic E-state index is 5.21. The first kappa shape index (κ1) is 9.97. The highest BCUT2D eigenvalue weighted by Gasteiger charge is 2.19. The Kier molecular flexibility index (Phi) is 2.35. The third kappa shape index (κ3) is 1.94. The van der Waals surface area contributed by atoms with Gasteiger partial charge in [0, 0.05) is 11.6 Å². The van der Waals surface area contributed by atoms with Crippen LogP contribution in [0.15, 0.2) is 41.1 Å². The number of hydrogen-bond acceptors (Lipinski definition) is 2. The average Bonchev–Trinajstić information content (AvgIpc) is 2.69. The van der Waals surface area contributed by atoms with Gasteiger partial charge in [-0.25, -0.2) is 0 Å². The molecule has 0 saturated heterocycles. The standard InChI is InChI=1S/C13H15NO/c1-13(2,3)11-7-5-4-6-10(11)12-8-9-14-15-12/h4-9H,1-3H3. The summed E-state index contributed by atoms with van der Waals surface area (Å²) in [5.74, 6) is 0.834. The molecule has 0 radical (unpaired) electrons. The van der Waals surface area contributed by atoms with Crippen LogP contribution >= 0.6 is 0 Å². The molecule has 1 heterocycles. The van der Waals surface area contributed by atoms with Crippen molar-refractivity contribution in [2.24, 2.45) is 0 Å². The van der Waals surface area contributed by atoms with Gasteiger partial charge in [-0.2, -0.15) is 0 Å². The molecule has 1 aromatic heterocycles. The Morgan fingerprint density at radius 2 is 1.80 bits per heavy atom. The summed E-state index contributed by atoms with van der Waals surface area (Å²) < 4.78 is 5.21. The van der Waals surface area contributed by atoms with Crippen molar-refractivity contribution >= 4 is 0 Å². The van der Waals surface area contributed by atoms with E-state index in [-0.39, 0.29) is 5.41 Å². The van der Waals surface area contributed by atoms with E-state index in [9.17, 15) is 0 Å². The minimum Gasteiger partial charge on any atom is -0.356 e. The topological polar surface area (TPSA) is 26.0 Å². The molecule has 2 aromatic rings. The number of benzene rings is 1. The molecule has 78 valence electrons. The summed E-state index contributed by atoms with van der Waals surface area (Å²) in [5, 5.41) is 3.75. The van der Waals surface area contributed by atoms with Crippen LogP contribution in [0.1, 0.15) is 26.3 Å². The van der Waals surface area contributed by atoms with E-state index in [1.807, 2.05) is 12.1 Å². The summed E-state index contributed by atoms with van der Waals surface area (Å²) in [7, 11) is 0. The maximum atomic E-state index is 5.21. The smallest absolute Gasteiger partial charge is 0.167 e. The van der Waals surface area contributed by atoms with Crippen molar-refractivity contribution < 1.29 is 4.52 Å². The Hall–Kier alpha value is -1.57. The van der Waals surface area contributed by atoms with Crippen LogP contribution in [-0.4, -0.2) is 5.16 Å². The lowest BCUT2D eigenvalue weighted by Crippen LogP contribution is -2.12. The zero-order valence-corrected chi connectivity index (χ0v) is 9.32. The van der Waals surface area contributed by atoms with Crippen molar-refractivity contribution in [3.8, 4) is 11.3 Å². The maximum Gasteiger partial charge on any atom is 0.167 e. The van der Waals surface area contributed by atoms with Crippen LogP contribution in [-0.2, 0) is 5.41 Å². The van der Waals surface area contributed by atoms with Gasteiger partial charge in [0.15, 0.2) is 5.76 Å². The molecule has 0 bridgehead atoms. The van der Waals surface area contributed by atoms with Crippen LogP contribution in [0.2, 0.25) is 0 Å². The van der Waals surface area contributed by atoms with Gasteiger partial charge in [0.2, 0.25) is 0 Å². The lowest BCUT2D eigenvalue weighted by atomic mass is 9.83. The third-order valence-corrected chi connectivity index (χ3v) is 2.44. The van der Waals surface area contributed by atoms with Crippen LogP contribution in [0.5, 0.6) is 0 Å². The van der Waals surface area contributed by atoms with Crippen LogP contribution in [0.25, 0.3) is 11.3 Å². The molecule has 2 heteroatoms. The zero-order chi connectivity index (χ0) is 10.9. The van der Waals surface area contributed by atoms with Crippen molar-refractivity contribution in [2.75, 3.05) is 0 Å². The highest BCUT2D eigenvalue weighted by Crippen LogP contribution is 2.32. The fraction of sp³-hybridized carbons (Fsp3) is 0.308. The van der Waals surface area contributed by atoms with Crippen LogP contribution in [0.3, 0.4) is 0 Å². The van der Waals surface area contributed by atoms with Crippen LogP contribution < -0.4 is 0 Å². The lowest BCUT2D eigenvalue weighted by Gasteiger charge is -2.21. The summed E-state index contributed by atoms with van der Waals surface area (Å²) in [4.78, 5) is 0. The number of aromatic nitrogens is 1. The zero-order valence-electron chi connectivity index (χ0n) is 9.32. The van der Waals surface area contributed by atoms with E-state index in [0.29, 0.717) is 0 Å². The first-order chi connectivity index (χ1) is 7.09. The largest absolute Gasteiger partial charge is 0.356 e. The quantitative estimate of drug-likeness (QED) is 0.704. The van der Waals surface area contributed by atoms with Crippen molar-refractivity contribution in [2.45, 2.75) is 26.2 Å². The molecule has 0 N–H and O–H groups in total. The monoisotopic (exact) mass is 201 g/mol. The highest BCUT2D eigenvalue weighted by atomic mass is 16.5. The van der Waals surface area contributed by atoms with Crippen molar-refractivity contribution in [1.29, 1.82) is 0 Å². The van der Waals surface area contributed by atoms with Gasteiger partial charge < -0.3 is 4.52 Å². The second-order valence-electron chi connectivity index (χ2n) is 4.67. The Morgan fingerprint density at radius 3 is 2.40 bits per heavy atom. The normalized spacial score (nSPS) is 11.7. The second-order valence-corrected chi connectivity index (χ2v) is 4.67. The van der Waals surface area contributed by atoms with E-state index in [2.05, 4.69) is 44.1 Å². The minimum atomic E-state index is 0.114. The summed E-state index contributed by atoms with van der Waals surface area (Å²) in [5.41, 5.74) is 2.52. The predicted octanol–water partition coefficient (Wildman–Crippen LogP) is 3.64. The number of rotatable bonds is 1.